The Morgan fingerprint density at radius 3 is 1.33 bits per heavy atom. The van der Waals surface area contributed by atoms with Gasteiger partial charge in [-0.15, -0.1) is 0 Å². The molecule has 3 aromatic carbocycles. The molecule has 246 valence electrons. The van der Waals surface area contributed by atoms with Crippen LogP contribution >= 0.6 is 0 Å². The van der Waals surface area contributed by atoms with Crippen molar-refractivity contribution in [2.45, 2.75) is 104 Å². The molecule has 0 radical (unpaired) electrons. The van der Waals surface area contributed by atoms with Gasteiger partial charge in [-0.3, -0.25) is 9.97 Å². The van der Waals surface area contributed by atoms with E-state index in [1.807, 2.05) is 30.6 Å². The van der Waals surface area contributed by atoms with E-state index in [-0.39, 0.29) is 28.4 Å². The van der Waals surface area contributed by atoms with Crippen LogP contribution < -0.4 is 25.9 Å². The van der Waals surface area contributed by atoms with E-state index in [9.17, 15) is 0 Å². The van der Waals surface area contributed by atoms with Crippen LogP contribution in [0.3, 0.4) is 0 Å². The molecule has 4 aliphatic rings. The van der Waals surface area contributed by atoms with E-state index >= 15 is 0 Å². The lowest BCUT2D eigenvalue weighted by molar-refractivity contribution is 0.402. The molecule has 0 N–H and O–H groups in total. The third kappa shape index (κ3) is 4.36. The molecule has 5 heteroatoms. The minimum atomic E-state index is -0.0801. The summed E-state index contributed by atoms with van der Waals surface area (Å²) in [5.41, 5.74) is 16.2. The second-order valence-corrected chi connectivity index (χ2v) is 17.8. The SMILES string of the molecule is Cc1cc2c(cc1-c1cc3c(cn1)B1c4cnc(-c5cc6c(cc5C)C(C)(C)CC6(C)C)cc4Oc4cccc(c41)O3)C(C)(C)CC2(C)C. The summed E-state index contributed by atoms with van der Waals surface area (Å²) < 4.78 is 13.3. The Bertz CT molecular complexity index is 2120. The average Bonchev–Trinajstić information content (AvgIpc) is 3.32. The van der Waals surface area contributed by atoms with Crippen LogP contribution in [0.25, 0.3) is 22.5 Å². The predicted octanol–water partition coefficient (Wildman–Crippen LogP) is 9.07. The highest BCUT2D eigenvalue weighted by Gasteiger charge is 2.45. The predicted molar refractivity (Wildman–Crippen MR) is 201 cm³/mol. The number of aromatic nitrogens is 2. The highest BCUT2D eigenvalue weighted by molar-refractivity contribution is 6.98. The van der Waals surface area contributed by atoms with Crippen molar-refractivity contribution < 1.29 is 9.47 Å². The molecule has 0 spiro atoms. The first-order chi connectivity index (χ1) is 23.0. The zero-order valence-electron chi connectivity index (χ0n) is 30.6. The van der Waals surface area contributed by atoms with Gasteiger partial charge >= 0.3 is 0 Å². The summed E-state index contributed by atoms with van der Waals surface area (Å²) in [4.78, 5) is 10.2. The number of hydrogen-bond acceptors (Lipinski definition) is 4. The molecule has 9 rings (SSSR count). The Morgan fingerprint density at radius 2 is 0.918 bits per heavy atom. The molecule has 0 bridgehead atoms. The smallest absolute Gasteiger partial charge is 0.264 e. The van der Waals surface area contributed by atoms with Gasteiger partial charge in [-0.1, -0.05) is 73.6 Å². The molecule has 5 aromatic rings. The fourth-order valence-corrected chi connectivity index (χ4v) is 10.3. The van der Waals surface area contributed by atoms with Crippen molar-refractivity contribution >= 4 is 23.1 Å². The first-order valence-electron chi connectivity index (χ1n) is 17.8. The molecule has 0 saturated heterocycles. The fraction of sp³-hybridized carbons (Fsp3) is 0.364. The molecule has 0 fully saturated rings. The molecular formula is C44H45BN2O2. The molecule has 49 heavy (non-hydrogen) atoms. The average molecular weight is 645 g/mol. The molecule has 2 aliphatic heterocycles. The monoisotopic (exact) mass is 644 g/mol. The van der Waals surface area contributed by atoms with Crippen molar-refractivity contribution in [3.05, 3.63) is 100 Å². The number of nitrogens with zero attached hydrogens (tertiary/aromatic N) is 2. The zero-order chi connectivity index (χ0) is 34.4. The van der Waals surface area contributed by atoms with Gasteiger partial charge in [-0.05, 0) is 117 Å². The van der Waals surface area contributed by atoms with E-state index in [4.69, 9.17) is 19.4 Å². The summed E-state index contributed by atoms with van der Waals surface area (Å²) in [6, 6.07) is 20.0. The van der Waals surface area contributed by atoms with Crippen LogP contribution in [0, 0.1) is 13.8 Å². The zero-order valence-corrected chi connectivity index (χ0v) is 30.6. The van der Waals surface area contributed by atoms with Crippen molar-refractivity contribution in [1.29, 1.82) is 0 Å². The summed E-state index contributed by atoms with van der Waals surface area (Å²) in [5.74, 6) is 3.34. The van der Waals surface area contributed by atoms with Crippen LogP contribution in [0.1, 0.15) is 102 Å². The Labute approximate surface area is 291 Å². The maximum atomic E-state index is 6.66. The molecule has 0 saturated carbocycles. The Hall–Kier alpha value is -4.38. The van der Waals surface area contributed by atoms with Crippen molar-refractivity contribution in [1.82, 2.24) is 9.97 Å². The van der Waals surface area contributed by atoms with Crippen LogP contribution in [0.15, 0.2) is 67.0 Å². The lowest BCUT2D eigenvalue weighted by Gasteiger charge is -2.32. The lowest BCUT2D eigenvalue weighted by atomic mass is 9.35. The Morgan fingerprint density at radius 1 is 0.531 bits per heavy atom. The van der Waals surface area contributed by atoms with Gasteiger partial charge in [0.1, 0.15) is 23.0 Å². The van der Waals surface area contributed by atoms with Crippen LogP contribution in [0.2, 0.25) is 0 Å². The molecule has 0 unspecified atom stereocenters. The van der Waals surface area contributed by atoms with Gasteiger partial charge in [0.25, 0.3) is 6.71 Å². The second-order valence-electron chi connectivity index (χ2n) is 17.8. The standard InChI is InChI=1S/C44H45BN2O2/c1-24-14-28-30(43(7,8)22-41(28,3)4)16-26(24)34-18-38-32(20-46-34)45-33-21-47-35(19-39(33)49-37-13-11-12-36(48-38)40(37)45)27-17-31-29(15-25(27)2)42(5,6)23-44(31,9)10/h11-21H,22-23H2,1-10H3. The van der Waals surface area contributed by atoms with Gasteiger partial charge in [0.05, 0.1) is 11.4 Å². The van der Waals surface area contributed by atoms with E-state index in [0.717, 1.165) is 63.6 Å². The van der Waals surface area contributed by atoms with E-state index in [1.165, 1.54) is 44.5 Å². The number of ether oxygens (including phenoxy) is 2. The van der Waals surface area contributed by atoms with Crippen molar-refractivity contribution in [3.63, 3.8) is 0 Å². The van der Waals surface area contributed by atoms with Crippen LogP contribution in [0.5, 0.6) is 23.0 Å². The van der Waals surface area contributed by atoms with Crippen molar-refractivity contribution in [3.8, 4) is 45.5 Å². The van der Waals surface area contributed by atoms with Gasteiger partial charge < -0.3 is 9.47 Å². The van der Waals surface area contributed by atoms with E-state index in [2.05, 4.69) is 106 Å². The van der Waals surface area contributed by atoms with Gasteiger partial charge in [0, 0.05) is 41.1 Å². The highest BCUT2D eigenvalue weighted by Crippen LogP contribution is 2.52. The second kappa shape index (κ2) is 9.65. The third-order valence-corrected chi connectivity index (χ3v) is 12.1. The number of pyridine rings is 2. The van der Waals surface area contributed by atoms with E-state index < -0.39 is 0 Å². The van der Waals surface area contributed by atoms with Gasteiger partial charge in [0.2, 0.25) is 0 Å². The number of fused-ring (bicyclic) bond motifs is 6. The first-order valence-corrected chi connectivity index (χ1v) is 17.8. The number of benzene rings is 3. The normalized spacial score (nSPS) is 19.2. The van der Waals surface area contributed by atoms with E-state index in [1.54, 1.807) is 0 Å². The number of aryl methyl sites for hydroxylation is 2. The van der Waals surface area contributed by atoms with Crippen LogP contribution in [0.4, 0.5) is 0 Å². The van der Waals surface area contributed by atoms with Crippen molar-refractivity contribution in [2.75, 3.05) is 0 Å². The third-order valence-electron chi connectivity index (χ3n) is 12.1. The van der Waals surface area contributed by atoms with Gasteiger partial charge in [-0.25, -0.2) is 0 Å². The van der Waals surface area contributed by atoms with Crippen molar-refractivity contribution in [2.24, 2.45) is 0 Å². The quantitative estimate of drug-likeness (QED) is 0.176. The summed E-state index contributed by atoms with van der Waals surface area (Å²) in [6.07, 6.45) is 6.32. The number of hydrogen-bond donors (Lipinski definition) is 0. The summed E-state index contributed by atoms with van der Waals surface area (Å²) in [7, 11) is 0. The highest BCUT2D eigenvalue weighted by atomic mass is 16.5. The molecular weight excluding hydrogens is 599 g/mol. The van der Waals surface area contributed by atoms with Gasteiger partial charge in [0.15, 0.2) is 0 Å². The van der Waals surface area contributed by atoms with Crippen LogP contribution in [-0.2, 0) is 21.7 Å². The van der Waals surface area contributed by atoms with Crippen LogP contribution in [-0.4, -0.2) is 16.7 Å². The Balaban J connectivity index is 1.15. The maximum Gasteiger partial charge on any atom is 0.264 e. The Kier molecular flexibility index (Phi) is 6.04. The molecule has 0 amide bonds. The summed E-state index contributed by atoms with van der Waals surface area (Å²) in [6.45, 7) is 23.3. The summed E-state index contributed by atoms with van der Waals surface area (Å²) in [5, 5.41) is 0. The van der Waals surface area contributed by atoms with Gasteiger partial charge in [-0.2, -0.15) is 0 Å². The maximum absolute atomic E-state index is 6.66. The fourth-order valence-electron chi connectivity index (χ4n) is 10.3. The molecule has 0 atom stereocenters. The summed E-state index contributed by atoms with van der Waals surface area (Å²) >= 11 is 0. The van der Waals surface area contributed by atoms with E-state index in [0.29, 0.717) is 0 Å². The minimum Gasteiger partial charge on any atom is -0.458 e. The molecule has 2 aliphatic carbocycles. The lowest BCUT2D eigenvalue weighted by Crippen LogP contribution is -2.57. The number of rotatable bonds is 2. The minimum absolute atomic E-state index is 0.0801. The molecule has 4 heterocycles. The largest absolute Gasteiger partial charge is 0.458 e. The molecule has 2 aromatic heterocycles. The molecule has 4 nitrogen and oxygen atoms in total. The topological polar surface area (TPSA) is 44.2 Å². The first kappa shape index (κ1) is 30.7.